The Morgan fingerprint density at radius 1 is 1.21 bits per heavy atom. The molecule has 19 heavy (non-hydrogen) atoms. The summed E-state index contributed by atoms with van der Waals surface area (Å²) in [4.78, 5) is 2.45. The van der Waals surface area contributed by atoms with Crippen LogP contribution in [0.5, 0.6) is 0 Å². The van der Waals surface area contributed by atoms with Gasteiger partial charge in [0.2, 0.25) is 0 Å². The first-order valence-corrected chi connectivity index (χ1v) is 8.25. The molecule has 1 aromatic carbocycles. The monoisotopic (exact) mass is 318 g/mol. The van der Waals surface area contributed by atoms with Crippen molar-refractivity contribution in [3.63, 3.8) is 0 Å². The summed E-state index contributed by atoms with van der Waals surface area (Å²) >= 11 is 14.2. The van der Waals surface area contributed by atoms with E-state index in [1.54, 1.807) is 6.07 Å². The van der Waals surface area contributed by atoms with Crippen LogP contribution in [0.25, 0.3) is 0 Å². The fourth-order valence-electron chi connectivity index (χ4n) is 2.74. The van der Waals surface area contributed by atoms with Crippen LogP contribution in [-0.4, -0.2) is 35.0 Å². The molecule has 1 aromatic rings. The molecule has 1 fully saturated rings. The van der Waals surface area contributed by atoms with E-state index in [-0.39, 0.29) is 6.04 Å². The maximum atomic E-state index is 6.10. The van der Waals surface area contributed by atoms with Crippen molar-refractivity contribution in [2.24, 2.45) is 5.73 Å². The summed E-state index contributed by atoms with van der Waals surface area (Å²) in [7, 11) is 0. The molecule has 1 heterocycles. The minimum atomic E-state index is 0.196. The molecule has 3 unspecified atom stereocenters. The van der Waals surface area contributed by atoms with Gasteiger partial charge < -0.3 is 5.73 Å². The van der Waals surface area contributed by atoms with Gasteiger partial charge in [-0.3, -0.25) is 4.90 Å². The lowest BCUT2D eigenvalue weighted by Gasteiger charge is -2.39. The normalized spacial score (nSPS) is 26.4. The molecule has 3 atom stereocenters. The molecule has 5 heteroatoms. The van der Waals surface area contributed by atoms with E-state index in [0.717, 1.165) is 18.7 Å². The largest absolute Gasteiger partial charge is 0.329 e. The molecule has 1 aliphatic heterocycles. The molecule has 0 aliphatic carbocycles. The lowest BCUT2D eigenvalue weighted by Crippen LogP contribution is -2.44. The van der Waals surface area contributed by atoms with E-state index >= 15 is 0 Å². The van der Waals surface area contributed by atoms with Gasteiger partial charge >= 0.3 is 0 Å². The summed E-state index contributed by atoms with van der Waals surface area (Å²) in [5, 5.41) is 2.61. The van der Waals surface area contributed by atoms with Crippen molar-refractivity contribution in [2.45, 2.75) is 30.4 Å². The fraction of sp³-hybridized carbons (Fsp3) is 0.571. The summed E-state index contributed by atoms with van der Waals surface area (Å²) in [6.45, 7) is 7.24. The van der Waals surface area contributed by atoms with Gasteiger partial charge in [-0.15, -0.1) is 0 Å². The van der Waals surface area contributed by atoms with Crippen LogP contribution in [0.2, 0.25) is 10.0 Å². The Bertz CT molecular complexity index is 411. The van der Waals surface area contributed by atoms with Crippen LogP contribution in [0.15, 0.2) is 18.2 Å². The third-order valence-electron chi connectivity index (χ3n) is 3.38. The maximum Gasteiger partial charge on any atom is 0.0472 e. The van der Waals surface area contributed by atoms with Crippen LogP contribution in [0.3, 0.4) is 0 Å². The van der Waals surface area contributed by atoms with Gasteiger partial charge in [-0.1, -0.05) is 37.0 Å². The number of rotatable bonds is 3. The van der Waals surface area contributed by atoms with Crippen molar-refractivity contribution >= 4 is 35.0 Å². The summed E-state index contributed by atoms with van der Waals surface area (Å²) in [6, 6.07) is 5.91. The van der Waals surface area contributed by atoms with Crippen molar-refractivity contribution < 1.29 is 0 Å². The molecule has 106 valence electrons. The van der Waals surface area contributed by atoms with Gasteiger partial charge in [0.05, 0.1) is 0 Å². The Morgan fingerprint density at radius 3 is 2.21 bits per heavy atom. The van der Waals surface area contributed by atoms with E-state index in [1.165, 1.54) is 0 Å². The van der Waals surface area contributed by atoms with Crippen LogP contribution < -0.4 is 5.73 Å². The van der Waals surface area contributed by atoms with Crippen LogP contribution in [0.1, 0.15) is 25.5 Å². The van der Waals surface area contributed by atoms with Crippen LogP contribution in [-0.2, 0) is 0 Å². The molecule has 0 radical (unpaired) electrons. The highest BCUT2D eigenvalue weighted by Crippen LogP contribution is 2.32. The average molecular weight is 319 g/mol. The van der Waals surface area contributed by atoms with E-state index in [4.69, 9.17) is 28.9 Å². The third kappa shape index (κ3) is 4.02. The number of hydrogen-bond donors (Lipinski definition) is 1. The zero-order chi connectivity index (χ0) is 14.0. The minimum Gasteiger partial charge on any atom is -0.329 e. The summed E-state index contributed by atoms with van der Waals surface area (Å²) in [6.07, 6.45) is 0. The Labute approximate surface area is 129 Å². The second-order valence-electron chi connectivity index (χ2n) is 5.17. The number of nitrogens with zero attached hydrogens (tertiary/aromatic N) is 1. The highest BCUT2D eigenvalue weighted by Gasteiger charge is 2.28. The zero-order valence-electron chi connectivity index (χ0n) is 11.3. The van der Waals surface area contributed by atoms with Crippen LogP contribution in [0.4, 0.5) is 0 Å². The summed E-state index contributed by atoms with van der Waals surface area (Å²) < 4.78 is 0. The number of hydrogen-bond acceptors (Lipinski definition) is 3. The van der Waals surface area contributed by atoms with E-state index in [2.05, 4.69) is 18.7 Å². The standard InChI is InChI=1S/C14H20Cl2N2S/c1-9-7-18(8-10(2)19-9)14(6-17)11-3-12(15)5-13(16)4-11/h3-5,9-10,14H,6-8,17H2,1-2H3. The zero-order valence-corrected chi connectivity index (χ0v) is 13.6. The highest BCUT2D eigenvalue weighted by atomic mass is 35.5. The molecule has 0 amide bonds. The first-order chi connectivity index (χ1) is 8.99. The van der Waals surface area contributed by atoms with Crippen molar-refractivity contribution in [3.8, 4) is 0 Å². The van der Waals surface area contributed by atoms with Gasteiger partial charge in [0.15, 0.2) is 0 Å². The molecule has 0 spiro atoms. The van der Waals surface area contributed by atoms with Gasteiger partial charge in [0.25, 0.3) is 0 Å². The molecule has 2 rings (SSSR count). The van der Waals surface area contributed by atoms with E-state index in [1.807, 2.05) is 23.9 Å². The van der Waals surface area contributed by atoms with Gasteiger partial charge in [-0.05, 0) is 23.8 Å². The SMILES string of the molecule is CC1CN(C(CN)c2cc(Cl)cc(Cl)c2)CC(C)S1. The fourth-order valence-corrected chi connectivity index (χ4v) is 4.63. The number of thioether (sulfide) groups is 1. The Hall–Kier alpha value is 0.0700. The lowest BCUT2D eigenvalue weighted by molar-refractivity contribution is 0.199. The van der Waals surface area contributed by atoms with Gasteiger partial charge in [-0.25, -0.2) is 0 Å². The number of halogens is 2. The second-order valence-corrected chi connectivity index (χ2v) is 7.92. The predicted molar refractivity (Wildman–Crippen MR) is 86.3 cm³/mol. The number of benzene rings is 1. The number of nitrogens with two attached hydrogens (primary N) is 1. The average Bonchev–Trinajstić information content (AvgIpc) is 2.27. The van der Waals surface area contributed by atoms with Crippen LogP contribution in [0, 0.1) is 0 Å². The van der Waals surface area contributed by atoms with E-state index in [0.29, 0.717) is 27.1 Å². The van der Waals surface area contributed by atoms with E-state index in [9.17, 15) is 0 Å². The first kappa shape index (κ1) is 15.5. The molecule has 0 aromatic heterocycles. The Kier molecular flexibility index (Phi) is 5.44. The van der Waals surface area contributed by atoms with Gasteiger partial charge in [0, 0.05) is 46.2 Å². The summed E-state index contributed by atoms with van der Waals surface area (Å²) in [5.74, 6) is 0. The molecule has 1 aliphatic rings. The first-order valence-electron chi connectivity index (χ1n) is 6.55. The van der Waals surface area contributed by atoms with Crippen molar-refractivity contribution in [1.82, 2.24) is 4.90 Å². The molecule has 0 saturated carbocycles. The second kappa shape index (κ2) is 6.68. The molecule has 2 nitrogen and oxygen atoms in total. The Morgan fingerprint density at radius 2 is 1.74 bits per heavy atom. The highest BCUT2D eigenvalue weighted by molar-refractivity contribution is 8.00. The van der Waals surface area contributed by atoms with Crippen molar-refractivity contribution in [1.29, 1.82) is 0 Å². The topological polar surface area (TPSA) is 29.3 Å². The maximum absolute atomic E-state index is 6.10. The van der Waals surface area contributed by atoms with Crippen molar-refractivity contribution in [2.75, 3.05) is 19.6 Å². The quantitative estimate of drug-likeness (QED) is 0.918. The summed E-state index contributed by atoms with van der Waals surface area (Å²) in [5.41, 5.74) is 7.11. The molecule has 0 bridgehead atoms. The van der Waals surface area contributed by atoms with E-state index < -0.39 is 0 Å². The minimum absolute atomic E-state index is 0.196. The third-order valence-corrected chi connectivity index (χ3v) is 5.05. The van der Waals surface area contributed by atoms with Crippen molar-refractivity contribution in [3.05, 3.63) is 33.8 Å². The smallest absolute Gasteiger partial charge is 0.0472 e. The molecule has 2 N–H and O–H groups in total. The molecular formula is C14H20Cl2N2S. The van der Waals surface area contributed by atoms with Gasteiger partial charge in [0.1, 0.15) is 0 Å². The van der Waals surface area contributed by atoms with Gasteiger partial charge in [-0.2, -0.15) is 11.8 Å². The Balaban J connectivity index is 2.23. The molecule has 1 saturated heterocycles. The lowest BCUT2D eigenvalue weighted by atomic mass is 10.0. The molecular weight excluding hydrogens is 299 g/mol. The predicted octanol–water partition coefficient (Wildman–Crippen LogP) is 3.82. The van der Waals surface area contributed by atoms with Crippen LogP contribution >= 0.6 is 35.0 Å².